The Balaban J connectivity index is 1.12. The van der Waals surface area contributed by atoms with Crippen LogP contribution in [-0.4, -0.2) is 66.0 Å². The van der Waals surface area contributed by atoms with E-state index in [2.05, 4.69) is 29.4 Å². The Morgan fingerprint density at radius 2 is 2.02 bits per heavy atom. The number of ether oxygens (including phenoxy) is 2. The summed E-state index contributed by atoms with van der Waals surface area (Å²) >= 11 is 6.66. The number of hydrogen-bond acceptors (Lipinski definition) is 7. The molecular weight excluding hydrogens is 590 g/mol. The van der Waals surface area contributed by atoms with E-state index < -0.39 is 6.10 Å². The van der Waals surface area contributed by atoms with E-state index in [4.69, 9.17) is 25.5 Å². The van der Waals surface area contributed by atoms with Crippen molar-refractivity contribution in [2.45, 2.75) is 96.6 Å². The fourth-order valence-electron chi connectivity index (χ4n) is 6.92. The summed E-state index contributed by atoms with van der Waals surface area (Å²) in [5.41, 5.74) is 4.92. The molecule has 0 spiro atoms. The highest BCUT2D eigenvalue weighted by molar-refractivity contribution is 6.33. The lowest BCUT2D eigenvalue weighted by molar-refractivity contribution is -0.150. The third-order valence-electron chi connectivity index (χ3n) is 9.46. The van der Waals surface area contributed by atoms with Crippen LogP contribution in [0.2, 0.25) is 5.02 Å². The molecule has 1 amide bonds. The lowest BCUT2D eigenvalue weighted by atomic mass is 9.92. The molecule has 2 heterocycles. The number of nitrogens with one attached hydrogen (secondary N) is 1. The van der Waals surface area contributed by atoms with Crippen molar-refractivity contribution in [3.05, 3.63) is 76.0 Å². The molecule has 2 unspecified atom stereocenters. The van der Waals surface area contributed by atoms with Crippen LogP contribution in [0, 0.1) is 19.8 Å². The predicted molar refractivity (Wildman–Crippen MR) is 176 cm³/mol. The number of halogens is 1. The first-order chi connectivity index (χ1) is 21.8. The summed E-state index contributed by atoms with van der Waals surface area (Å²) in [5, 5.41) is 15.5. The lowest BCUT2D eigenvalue weighted by Crippen LogP contribution is -2.51. The van der Waals surface area contributed by atoms with Crippen LogP contribution in [0.5, 0.6) is 0 Å². The van der Waals surface area contributed by atoms with Crippen molar-refractivity contribution in [2.75, 3.05) is 26.8 Å². The second-order valence-corrected chi connectivity index (χ2v) is 12.9. The topological polar surface area (TPSA) is 97.1 Å². The molecule has 9 heteroatoms. The Labute approximate surface area is 272 Å². The number of amides is 1. The van der Waals surface area contributed by atoms with Gasteiger partial charge >= 0.3 is 0 Å². The zero-order valence-corrected chi connectivity index (χ0v) is 27.8. The quantitative estimate of drug-likeness (QED) is 0.219. The molecule has 1 saturated carbocycles. The molecule has 3 aromatic rings. The summed E-state index contributed by atoms with van der Waals surface area (Å²) in [6.07, 6.45) is 4.63. The van der Waals surface area contributed by atoms with Crippen LogP contribution in [0.3, 0.4) is 0 Å². The van der Waals surface area contributed by atoms with E-state index >= 15 is 0 Å². The van der Waals surface area contributed by atoms with Crippen LogP contribution in [0.1, 0.15) is 80.0 Å². The van der Waals surface area contributed by atoms with E-state index in [1.54, 1.807) is 7.11 Å². The van der Waals surface area contributed by atoms with Gasteiger partial charge in [0.05, 0.1) is 24.5 Å². The third kappa shape index (κ3) is 8.35. The van der Waals surface area contributed by atoms with Crippen molar-refractivity contribution in [1.82, 2.24) is 15.2 Å². The van der Waals surface area contributed by atoms with Crippen LogP contribution in [0.4, 0.5) is 0 Å². The standard InChI is InChI=1S/C36H48ClN3O5/c1-5-25-9-6-10-26(19-25)35-29(11-7-12-30(35)37)32(41)13-8-14-33(43-4)34-22-40(17-18-44-34)36(42)27-15-16-28(20-27)38-21-31-23(2)45-24(3)39-31/h6-7,9-12,19,27-28,32-34,38,41H,5,8,13-18,20-22H2,1-4H3/t27-,28+,32?,33?,34-/m1/s1. The number of aromatic nitrogens is 1. The molecule has 2 fully saturated rings. The van der Waals surface area contributed by atoms with Gasteiger partial charge in [-0.05, 0) is 74.6 Å². The Kier molecular flexibility index (Phi) is 11.7. The number of methoxy groups -OCH3 is 1. The van der Waals surface area contributed by atoms with E-state index in [0.29, 0.717) is 49.6 Å². The molecule has 1 aromatic heterocycles. The highest BCUT2D eigenvalue weighted by Gasteiger charge is 2.36. The Hall–Kier alpha value is -2.75. The zero-order chi connectivity index (χ0) is 31.9. The van der Waals surface area contributed by atoms with E-state index in [0.717, 1.165) is 66.7 Å². The van der Waals surface area contributed by atoms with Crippen LogP contribution in [-0.2, 0) is 27.2 Å². The van der Waals surface area contributed by atoms with Crippen molar-refractivity contribution >= 4 is 17.5 Å². The maximum Gasteiger partial charge on any atom is 0.225 e. The van der Waals surface area contributed by atoms with Gasteiger partial charge in [0, 0.05) is 56.2 Å². The van der Waals surface area contributed by atoms with Gasteiger partial charge in [-0.25, -0.2) is 4.98 Å². The molecule has 1 aliphatic heterocycles. The number of morpholine rings is 1. The van der Waals surface area contributed by atoms with Gasteiger partial charge in [0.25, 0.3) is 0 Å². The van der Waals surface area contributed by atoms with Crippen molar-refractivity contribution in [3.8, 4) is 11.1 Å². The number of hydrogen-bond donors (Lipinski definition) is 2. The Morgan fingerprint density at radius 3 is 2.78 bits per heavy atom. The predicted octanol–water partition coefficient (Wildman–Crippen LogP) is 6.58. The maximum absolute atomic E-state index is 13.5. The number of aliphatic hydroxyl groups excluding tert-OH is 1. The second-order valence-electron chi connectivity index (χ2n) is 12.5. The summed E-state index contributed by atoms with van der Waals surface area (Å²) in [6.45, 7) is 8.21. The molecule has 244 valence electrons. The summed E-state index contributed by atoms with van der Waals surface area (Å²) in [4.78, 5) is 20.0. The van der Waals surface area contributed by atoms with Crippen molar-refractivity contribution in [3.63, 3.8) is 0 Å². The highest BCUT2D eigenvalue weighted by atomic mass is 35.5. The number of oxazole rings is 1. The van der Waals surface area contributed by atoms with Gasteiger partial charge < -0.3 is 29.2 Å². The molecule has 2 aromatic carbocycles. The molecule has 5 rings (SSSR count). The van der Waals surface area contributed by atoms with Crippen LogP contribution < -0.4 is 5.32 Å². The minimum Gasteiger partial charge on any atom is -0.446 e. The number of rotatable bonds is 13. The van der Waals surface area contributed by atoms with Crippen LogP contribution in [0.25, 0.3) is 11.1 Å². The van der Waals surface area contributed by atoms with E-state index in [-0.39, 0.29) is 24.0 Å². The van der Waals surface area contributed by atoms with Gasteiger partial charge in [-0.15, -0.1) is 0 Å². The van der Waals surface area contributed by atoms with Gasteiger partial charge in [-0.3, -0.25) is 4.79 Å². The van der Waals surface area contributed by atoms with Crippen LogP contribution in [0.15, 0.2) is 46.9 Å². The molecular formula is C36H48ClN3O5. The third-order valence-corrected chi connectivity index (χ3v) is 9.77. The van der Waals surface area contributed by atoms with E-state index in [9.17, 15) is 9.90 Å². The number of carbonyl (C=O) groups excluding carboxylic acids is 1. The Morgan fingerprint density at radius 1 is 1.20 bits per heavy atom. The summed E-state index contributed by atoms with van der Waals surface area (Å²) < 4.78 is 17.6. The van der Waals surface area contributed by atoms with Crippen LogP contribution >= 0.6 is 11.6 Å². The maximum atomic E-state index is 13.5. The monoisotopic (exact) mass is 637 g/mol. The smallest absolute Gasteiger partial charge is 0.225 e. The normalized spacial score (nSPS) is 21.6. The van der Waals surface area contributed by atoms with Gasteiger partial charge in [-0.1, -0.05) is 54.9 Å². The minimum absolute atomic E-state index is 0.0162. The SMILES string of the molecule is CCc1cccc(-c2c(Cl)cccc2C(O)CCCC(OC)[C@H]2CN(C(=O)[C@@H]3CC[C@H](NCc4nc(C)oc4C)C3)CCO2)c1. The minimum atomic E-state index is -0.659. The van der Waals surface area contributed by atoms with Gasteiger partial charge in [-0.2, -0.15) is 0 Å². The van der Waals surface area contributed by atoms with Gasteiger partial charge in [0.2, 0.25) is 5.91 Å². The van der Waals surface area contributed by atoms with E-state index in [1.165, 1.54) is 5.56 Å². The number of nitrogens with zero attached hydrogens (tertiary/aromatic N) is 2. The fraction of sp³-hybridized carbons (Fsp3) is 0.556. The van der Waals surface area contributed by atoms with Crippen molar-refractivity contribution in [1.29, 1.82) is 0 Å². The molecule has 0 bridgehead atoms. The second kappa shape index (κ2) is 15.7. The highest BCUT2D eigenvalue weighted by Crippen LogP contribution is 2.37. The number of aliphatic hydroxyl groups is 1. The van der Waals surface area contributed by atoms with Gasteiger partial charge in [0.15, 0.2) is 5.89 Å². The summed E-state index contributed by atoms with van der Waals surface area (Å²) in [7, 11) is 1.70. The van der Waals surface area contributed by atoms with Gasteiger partial charge in [0.1, 0.15) is 11.9 Å². The molecule has 45 heavy (non-hydrogen) atoms. The molecule has 0 radical (unpaired) electrons. The molecule has 1 saturated heterocycles. The first-order valence-corrected chi connectivity index (χ1v) is 16.8. The first-order valence-electron chi connectivity index (χ1n) is 16.4. The van der Waals surface area contributed by atoms with Crippen molar-refractivity contribution in [2.24, 2.45) is 5.92 Å². The molecule has 8 nitrogen and oxygen atoms in total. The van der Waals surface area contributed by atoms with E-state index in [1.807, 2.05) is 49.1 Å². The summed E-state index contributed by atoms with van der Waals surface area (Å²) in [5.74, 6) is 1.76. The average Bonchev–Trinajstić information content (AvgIpc) is 3.66. The largest absolute Gasteiger partial charge is 0.446 e. The number of carbonyl (C=O) groups is 1. The first kappa shape index (κ1) is 33.6. The Bertz CT molecular complexity index is 1430. The zero-order valence-electron chi connectivity index (χ0n) is 27.1. The molecule has 2 N–H and O–H groups in total. The average molecular weight is 638 g/mol. The molecule has 1 aliphatic carbocycles. The number of benzene rings is 2. The molecule has 2 aliphatic rings. The number of aryl methyl sites for hydroxylation is 3. The lowest BCUT2D eigenvalue weighted by Gasteiger charge is -2.37. The fourth-order valence-corrected chi connectivity index (χ4v) is 7.21. The van der Waals surface area contributed by atoms with Crippen molar-refractivity contribution < 1.29 is 23.8 Å². The molecule has 5 atom stereocenters. The summed E-state index contributed by atoms with van der Waals surface area (Å²) in [6, 6.07) is 14.4.